The van der Waals surface area contributed by atoms with Gasteiger partial charge in [0.1, 0.15) is 10.6 Å². The first kappa shape index (κ1) is 20.5. The van der Waals surface area contributed by atoms with Crippen LogP contribution >= 0.6 is 23.1 Å². The Hall–Kier alpha value is -2.39. The molecule has 162 valence electrons. The SMILES string of the molecule is CC(C)Cc1noc(CSc2nc3sc4c(c3c(=O)n2Cc2ccco2)CCCC4)n1. The maximum absolute atomic E-state index is 13.6. The van der Waals surface area contributed by atoms with E-state index in [0.29, 0.717) is 35.1 Å². The Kier molecular flexibility index (Phi) is 5.71. The average Bonchev–Trinajstić information content (AvgIpc) is 3.48. The summed E-state index contributed by atoms with van der Waals surface area (Å²) in [5.74, 6) is 2.92. The second kappa shape index (κ2) is 8.63. The molecule has 0 aliphatic heterocycles. The van der Waals surface area contributed by atoms with Crippen LogP contribution in [0.15, 0.2) is 37.3 Å². The van der Waals surface area contributed by atoms with E-state index in [2.05, 4.69) is 24.0 Å². The molecular weight excluding hydrogens is 432 g/mol. The minimum absolute atomic E-state index is 0.00864. The van der Waals surface area contributed by atoms with Gasteiger partial charge in [-0.05, 0) is 49.3 Å². The van der Waals surface area contributed by atoms with Crippen molar-refractivity contribution < 1.29 is 8.94 Å². The smallest absolute Gasteiger partial charge is 0.263 e. The van der Waals surface area contributed by atoms with E-state index in [-0.39, 0.29) is 5.56 Å². The van der Waals surface area contributed by atoms with Gasteiger partial charge in [-0.3, -0.25) is 9.36 Å². The number of aromatic nitrogens is 4. The largest absolute Gasteiger partial charge is 0.467 e. The van der Waals surface area contributed by atoms with Gasteiger partial charge in [0, 0.05) is 11.3 Å². The minimum Gasteiger partial charge on any atom is -0.467 e. The second-order valence-corrected chi connectivity index (χ2v) is 10.3. The molecule has 0 fully saturated rings. The summed E-state index contributed by atoms with van der Waals surface area (Å²) in [5.41, 5.74) is 1.21. The van der Waals surface area contributed by atoms with Crippen LogP contribution in [0.4, 0.5) is 0 Å². The monoisotopic (exact) mass is 456 g/mol. The Balaban J connectivity index is 1.51. The quantitative estimate of drug-likeness (QED) is 0.290. The number of rotatable bonds is 7. The van der Waals surface area contributed by atoms with E-state index >= 15 is 0 Å². The number of thioether (sulfide) groups is 1. The number of hydrogen-bond acceptors (Lipinski definition) is 8. The molecular formula is C22H24N4O3S2. The molecule has 0 bridgehead atoms. The minimum atomic E-state index is 0.00864. The van der Waals surface area contributed by atoms with E-state index in [9.17, 15) is 4.79 Å². The zero-order chi connectivity index (χ0) is 21.4. The maximum Gasteiger partial charge on any atom is 0.263 e. The predicted molar refractivity (Wildman–Crippen MR) is 121 cm³/mol. The number of nitrogens with zero attached hydrogens (tertiary/aromatic N) is 4. The zero-order valence-corrected chi connectivity index (χ0v) is 19.2. The first-order valence-electron chi connectivity index (χ1n) is 10.6. The number of hydrogen-bond donors (Lipinski definition) is 0. The van der Waals surface area contributed by atoms with Crippen molar-refractivity contribution in [1.82, 2.24) is 19.7 Å². The van der Waals surface area contributed by atoms with Crippen LogP contribution in [0.3, 0.4) is 0 Å². The summed E-state index contributed by atoms with van der Waals surface area (Å²) in [6.07, 6.45) is 6.71. The molecule has 7 nitrogen and oxygen atoms in total. The fourth-order valence-electron chi connectivity index (χ4n) is 3.95. The Morgan fingerprint density at radius 3 is 2.94 bits per heavy atom. The summed E-state index contributed by atoms with van der Waals surface area (Å²) >= 11 is 3.11. The molecule has 0 amide bonds. The topological polar surface area (TPSA) is 87.0 Å². The van der Waals surface area contributed by atoms with Crippen LogP contribution < -0.4 is 5.56 Å². The van der Waals surface area contributed by atoms with Gasteiger partial charge in [0.25, 0.3) is 5.56 Å². The van der Waals surface area contributed by atoms with Gasteiger partial charge in [-0.1, -0.05) is 30.8 Å². The Labute approximate surface area is 187 Å². The number of furan rings is 1. The van der Waals surface area contributed by atoms with E-state index < -0.39 is 0 Å². The molecule has 4 aromatic heterocycles. The molecule has 1 aliphatic carbocycles. The molecule has 0 saturated heterocycles. The maximum atomic E-state index is 13.6. The van der Waals surface area contributed by atoms with Crippen LogP contribution in [0.5, 0.6) is 0 Å². The van der Waals surface area contributed by atoms with Crippen molar-refractivity contribution in [2.45, 2.75) is 63.4 Å². The summed E-state index contributed by atoms with van der Waals surface area (Å²) < 4.78 is 12.6. The molecule has 4 heterocycles. The molecule has 4 aromatic rings. The van der Waals surface area contributed by atoms with Crippen molar-refractivity contribution in [1.29, 1.82) is 0 Å². The molecule has 31 heavy (non-hydrogen) atoms. The van der Waals surface area contributed by atoms with Gasteiger partial charge in [-0.15, -0.1) is 11.3 Å². The van der Waals surface area contributed by atoms with E-state index in [0.717, 1.165) is 41.7 Å². The van der Waals surface area contributed by atoms with Crippen LogP contribution in [-0.4, -0.2) is 19.7 Å². The predicted octanol–water partition coefficient (Wildman–Crippen LogP) is 4.85. The van der Waals surface area contributed by atoms with Gasteiger partial charge in [0.2, 0.25) is 5.89 Å². The molecule has 0 radical (unpaired) electrons. The third-order valence-corrected chi connectivity index (χ3v) is 7.51. The molecule has 9 heteroatoms. The zero-order valence-electron chi connectivity index (χ0n) is 17.6. The van der Waals surface area contributed by atoms with Crippen LogP contribution in [0, 0.1) is 5.92 Å². The lowest BCUT2D eigenvalue weighted by Crippen LogP contribution is -2.24. The van der Waals surface area contributed by atoms with Gasteiger partial charge in [-0.2, -0.15) is 4.98 Å². The highest BCUT2D eigenvalue weighted by atomic mass is 32.2. The van der Waals surface area contributed by atoms with Crippen LogP contribution in [0.25, 0.3) is 10.2 Å². The van der Waals surface area contributed by atoms with Crippen molar-refractivity contribution >= 4 is 33.3 Å². The van der Waals surface area contributed by atoms with Gasteiger partial charge in [0.15, 0.2) is 11.0 Å². The normalized spacial score (nSPS) is 13.9. The van der Waals surface area contributed by atoms with Crippen molar-refractivity contribution in [3.63, 3.8) is 0 Å². The first-order chi connectivity index (χ1) is 15.1. The van der Waals surface area contributed by atoms with E-state index in [1.807, 2.05) is 12.1 Å². The van der Waals surface area contributed by atoms with Crippen molar-refractivity contribution in [3.8, 4) is 0 Å². The molecule has 5 rings (SSSR count). The molecule has 0 saturated carbocycles. The van der Waals surface area contributed by atoms with Gasteiger partial charge in [0.05, 0.1) is 23.9 Å². The highest BCUT2D eigenvalue weighted by molar-refractivity contribution is 7.98. The third-order valence-electron chi connectivity index (χ3n) is 5.36. The molecule has 0 aromatic carbocycles. The summed E-state index contributed by atoms with van der Waals surface area (Å²) in [4.78, 5) is 25.1. The summed E-state index contributed by atoms with van der Waals surface area (Å²) in [6, 6.07) is 3.71. The molecule has 1 aliphatic rings. The summed E-state index contributed by atoms with van der Waals surface area (Å²) in [5, 5.41) is 5.50. The highest BCUT2D eigenvalue weighted by Crippen LogP contribution is 2.35. The van der Waals surface area contributed by atoms with Crippen LogP contribution in [0.1, 0.15) is 54.6 Å². The third kappa shape index (κ3) is 4.21. The van der Waals surface area contributed by atoms with Gasteiger partial charge >= 0.3 is 0 Å². The number of aryl methyl sites for hydroxylation is 2. The Morgan fingerprint density at radius 2 is 2.13 bits per heavy atom. The number of fused-ring (bicyclic) bond motifs is 3. The van der Waals surface area contributed by atoms with Crippen molar-refractivity contribution in [2.75, 3.05) is 0 Å². The van der Waals surface area contributed by atoms with E-state index in [1.54, 1.807) is 22.2 Å². The fraction of sp³-hybridized carbons (Fsp3) is 0.455. The van der Waals surface area contributed by atoms with Crippen LogP contribution in [-0.2, 0) is 31.6 Å². The lowest BCUT2D eigenvalue weighted by molar-refractivity contribution is 0.382. The lowest BCUT2D eigenvalue weighted by atomic mass is 9.97. The Bertz CT molecular complexity index is 1250. The summed E-state index contributed by atoms with van der Waals surface area (Å²) in [7, 11) is 0. The first-order valence-corrected chi connectivity index (χ1v) is 12.4. The fourth-order valence-corrected chi connectivity index (χ4v) is 6.09. The second-order valence-electron chi connectivity index (χ2n) is 8.25. The van der Waals surface area contributed by atoms with Crippen molar-refractivity contribution in [3.05, 3.63) is 56.7 Å². The van der Waals surface area contributed by atoms with Gasteiger partial charge in [-0.25, -0.2) is 4.98 Å². The Morgan fingerprint density at radius 1 is 1.26 bits per heavy atom. The lowest BCUT2D eigenvalue weighted by Gasteiger charge is -2.12. The number of thiophene rings is 1. The van der Waals surface area contributed by atoms with Crippen LogP contribution in [0.2, 0.25) is 0 Å². The standard InChI is InChI=1S/C22H24N4O3S2/c1-13(2)10-17-23-18(29-25-17)12-30-22-24-20-19(15-7-3-4-8-16(15)31-20)21(27)26(22)11-14-6-5-9-28-14/h5-6,9,13H,3-4,7-8,10-12H2,1-2H3. The molecule has 0 unspecified atom stereocenters. The van der Waals surface area contributed by atoms with Gasteiger partial charge < -0.3 is 8.94 Å². The van der Waals surface area contributed by atoms with E-state index in [1.165, 1.54) is 28.6 Å². The molecule has 0 spiro atoms. The summed E-state index contributed by atoms with van der Waals surface area (Å²) in [6.45, 7) is 4.60. The van der Waals surface area contributed by atoms with Crippen molar-refractivity contribution in [2.24, 2.45) is 5.92 Å². The molecule has 0 N–H and O–H groups in total. The van der Waals surface area contributed by atoms with E-state index in [4.69, 9.17) is 13.9 Å². The average molecular weight is 457 g/mol. The molecule has 0 atom stereocenters. The highest BCUT2D eigenvalue weighted by Gasteiger charge is 2.23.